The standard InChI is InChI=1S/C30H50O/c1-24(2)13-14-26(5)15-16-27(6)21-10-9-20-25(3,4)23-11-12-30(20,31-23)29(21,8)18-17-28(27,7)22(26)19-24/h20-23H,9-19H2,1-8H3. The van der Waals surface area contributed by atoms with E-state index in [0.717, 1.165) is 17.8 Å². The number of ether oxygens (including phenoxy) is 1. The summed E-state index contributed by atoms with van der Waals surface area (Å²) in [5.74, 6) is 2.53. The van der Waals surface area contributed by atoms with Crippen molar-refractivity contribution in [1.29, 1.82) is 0 Å². The van der Waals surface area contributed by atoms with Gasteiger partial charge in [-0.2, -0.15) is 0 Å². The zero-order chi connectivity index (χ0) is 22.3. The van der Waals surface area contributed by atoms with Crippen LogP contribution in [0.3, 0.4) is 0 Å². The highest BCUT2D eigenvalue weighted by Crippen LogP contribution is 2.80. The second kappa shape index (κ2) is 5.78. The summed E-state index contributed by atoms with van der Waals surface area (Å²) in [5.41, 5.74) is 3.03. The predicted octanol–water partition coefficient (Wildman–Crippen LogP) is 8.41. The van der Waals surface area contributed by atoms with Gasteiger partial charge in [0.05, 0.1) is 11.7 Å². The molecule has 6 aliphatic rings. The Morgan fingerprint density at radius 3 is 1.87 bits per heavy atom. The Bertz CT molecular complexity index is 796. The van der Waals surface area contributed by atoms with Gasteiger partial charge in [0.2, 0.25) is 0 Å². The molecule has 0 radical (unpaired) electrons. The van der Waals surface area contributed by atoms with Gasteiger partial charge in [-0.3, -0.25) is 0 Å². The lowest BCUT2D eigenvalue weighted by Crippen LogP contribution is -2.70. The SMILES string of the molecule is CC1(C)CCC2(C)CCC3(C)C4CCC5C(C)(C)C6CCC5(O6)C4(C)CCC3(C)C2C1. The minimum Gasteiger partial charge on any atom is -0.370 e. The van der Waals surface area contributed by atoms with Crippen molar-refractivity contribution in [3.63, 3.8) is 0 Å². The van der Waals surface area contributed by atoms with Crippen LogP contribution in [-0.2, 0) is 4.74 Å². The summed E-state index contributed by atoms with van der Waals surface area (Å²) in [6, 6.07) is 0. The first kappa shape index (κ1) is 21.5. The molecule has 31 heavy (non-hydrogen) atoms. The van der Waals surface area contributed by atoms with Crippen LogP contribution in [0.25, 0.3) is 0 Å². The quantitative estimate of drug-likeness (QED) is 0.378. The van der Waals surface area contributed by atoms with E-state index < -0.39 is 0 Å². The number of rotatable bonds is 0. The number of fused-ring (bicyclic) bond motifs is 6. The van der Waals surface area contributed by atoms with E-state index in [1.54, 1.807) is 0 Å². The van der Waals surface area contributed by atoms with Crippen LogP contribution in [0, 0.1) is 50.2 Å². The lowest BCUT2D eigenvalue weighted by molar-refractivity contribution is -0.273. The van der Waals surface area contributed by atoms with Crippen molar-refractivity contribution in [2.45, 2.75) is 138 Å². The van der Waals surface area contributed by atoms with Crippen molar-refractivity contribution in [3.8, 4) is 0 Å². The van der Waals surface area contributed by atoms with Gasteiger partial charge in [0.25, 0.3) is 0 Å². The first-order valence-corrected chi connectivity index (χ1v) is 13.9. The third kappa shape index (κ3) is 2.25. The van der Waals surface area contributed by atoms with Crippen molar-refractivity contribution in [3.05, 3.63) is 0 Å². The highest BCUT2D eigenvalue weighted by molar-refractivity contribution is 5.26. The van der Waals surface area contributed by atoms with E-state index in [0.29, 0.717) is 38.6 Å². The average molecular weight is 427 g/mol. The lowest BCUT2D eigenvalue weighted by atomic mass is 9.30. The number of hydrogen-bond donors (Lipinski definition) is 0. The van der Waals surface area contributed by atoms with E-state index in [4.69, 9.17) is 4.74 Å². The maximum Gasteiger partial charge on any atom is 0.0777 e. The van der Waals surface area contributed by atoms with Crippen LogP contribution >= 0.6 is 0 Å². The average Bonchev–Trinajstić information content (AvgIpc) is 3.22. The molecule has 0 aromatic heterocycles. The second-order valence-corrected chi connectivity index (χ2v) is 15.9. The third-order valence-corrected chi connectivity index (χ3v) is 14.1. The van der Waals surface area contributed by atoms with Crippen LogP contribution in [0.2, 0.25) is 0 Å². The molecule has 1 nitrogen and oxygen atoms in total. The molecule has 1 heteroatoms. The Morgan fingerprint density at radius 1 is 0.548 bits per heavy atom. The molecule has 4 saturated carbocycles. The summed E-state index contributed by atoms with van der Waals surface area (Å²) in [6.45, 7) is 21.2. The molecule has 6 rings (SSSR count). The molecule has 6 fully saturated rings. The van der Waals surface area contributed by atoms with Gasteiger partial charge in [0.1, 0.15) is 0 Å². The molecule has 0 aromatic rings. The molecule has 4 aliphatic carbocycles. The predicted molar refractivity (Wildman–Crippen MR) is 129 cm³/mol. The van der Waals surface area contributed by atoms with Crippen LogP contribution in [-0.4, -0.2) is 11.7 Å². The van der Waals surface area contributed by atoms with Crippen LogP contribution in [0.4, 0.5) is 0 Å². The molecule has 2 heterocycles. The van der Waals surface area contributed by atoms with Gasteiger partial charge in [-0.1, -0.05) is 55.4 Å². The second-order valence-electron chi connectivity index (χ2n) is 15.9. The molecule has 9 atom stereocenters. The van der Waals surface area contributed by atoms with Gasteiger partial charge in [-0.05, 0) is 115 Å². The molecule has 0 aromatic carbocycles. The minimum atomic E-state index is 0.182. The summed E-state index contributed by atoms with van der Waals surface area (Å²) < 4.78 is 7.17. The topological polar surface area (TPSA) is 9.23 Å². The first-order valence-electron chi connectivity index (χ1n) is 13.9. The van der Waals surface area contributed by atoms with E-state index >= 15 is 0 Å². The van der Waals surface area contributed by atoms with Crippen LogP contribution in [0.1, 0.15) is 126 Å². The van der Waals surface area contributed by atoms with Gasteiger partial charge in [0.15, 0.2) is 0 Å². The summed E-state index contributed by atoms with van der Waals surface area (Å²) in [4.78, 5) is 0. The summed E-state index contributed by atoms with van der Waals surface area (Å²) in [6.07, 6.45) is 16.2. The highest BCUT2D eigenvalue weighted by Gasteiger charge is 2.77. The molecule has 0 amide bonds. The maximum atomic E-state index is 7.17. The molecule has 2 saturated heterocycles. The zero-order valence-corrected chi connectivity index (χ0v) is 22.0. The van der Waals surface area contributed by atoms with E-state index in [-0.39, 0.29) is 5.60 Å². The van der Waals surface area contributed by atoms with Crippen molar-refractivity contribution >= 4 is 0 Å². The van der Waals surface area contributed by atoms with Gasteiger partial charge in [0, 0.05) is 5.41 Å². The zero-order valence-electron chi connectivity index (χ0n) is 22.0. The van der Waals surface area contributed by atoms with Crippen LogP contribution in [0.5, 0.6) is 0 Å². The molecule has 9 unspecified atom stereocenters. The van der Waals surface area contributed by atoms with Gasteiger partial charge in [-0.15, -0.1) is 0 Å². The lowest BCUT2D eigenvalue weighted by Gasteiger charge is -2.74. The smallest absolute Gasteiger partial charge is 0.0777 e. The van der Waals surface area contributed by atoms with E-state index in [2.05, 4.69) is 55.4 Å². The van der Waals surface area contributed by atoms with Crippen molar-refractivity contribution in [2.24, 2.45) is 50.2 Å². The number of hydrogen-bond acceptors (Lipinski definition) is 1. The van der Waals surface area contributed by atoms with Gasteiger partial charge in [-0.25, -0.2) is 0 Å². The van der Waals surface area contributed by atoms with Gasteiger partial charge >= 0.3 is 0 Å². The fourth-order valence-electron chi connectivity index (χ4n) is 11.9. The third-order valence-electron chi connectivity index (χ3n) is 14.1. The summed E-state index contributed by atoms with van der Waals surface area (Å²) in [7, 11) is 0. The van der Waals surface area contributed by atoms with Crippen LogP contribution < -0.4 is 0 Å². The fourth-order valence-corrected chi connectivity index (χ4v) is 11.9. The molecule has 0 N–H and O–H groups in total. The largest absolute Gasteiger partial charge is 0.370 e. The summed E-state index contributed by atoms with van der Waals surface area (Å²) in [5, 5.41) is 0. The molecular weight excluding hydrogens is 376 g/mol. The van der Waals surface area contributed by atoms with Crippen molar-refractivity contribution in [2.75, 3.05) is 0 Å². The molecular formula is C30H50O. The summed E-state index contributed by atoms with van der Waals surface area (Å²) >= 11 is 0. The highest BCUT2D eigenvalue weighted by atomic mass is 16.5. The molecule has 2 aliphatic heterocycles. The van der Waals surface area contributed by atoms with E-state index in [1.807, 2.05) is 0 Å². The molecule has 176 valence electrons. The first-order chi connectivity index (χ1) is 14.2. The Kier molecular flexibility index (Phi) is 4.00. The van der Waals surface area contributed by atoms with E-state index in [1.165, 1.54) is 70.6 Å². The van der Waals surface area contributed by atoms with Crippen molar-refractivity contribution in [1.82, 2.24) is 0 Å². The van der Waals surface area contributed by atoms with Crippen LogP contribution in [0.15, 0.2) is 0 Å². The molecule has 2 bridgehead atoms. The van der Waals surface area contributed by atoms with Crippen molar-refractivity contribution < 1.29 is 4.74 Å². The van der Waals surface area contributed by atoms with E-state index in [9.17, 15) is 0 Å². The monoisotopic (exact) mass is 426 g/mol. The Hall–Kier alpha value is -0.0400. The minimum absolute atomic E-state index is 0.182. The fraction of sp³-hybridized carbons (Fsp3) is 1.00. The Labute approximate surface area is 192 Å². The normalized spacial score (nSPS) is 61.2. The molecule has 1 spiro atoms. The van der Waals surface area contributed by atoms with Gasteiger partial charge < -0.3 is 4.74 Å². The Morgan fingerprint density at radius 2 is 1.13 bits per heavy atom. The Balaban J connectivity index is 1.43. The maximum absolute atomic E-state index is 7.17.